The number of hydrogen-bond donors (Lipinski definition) is 2. The molecule has 8 nitrogen and oxygen atoms in total. The Kier molecular flexibility index (Phi) is 6.33. The first-order chi connectivity index (χ1) is 13.5. The van der Waals surface area contributed by atoms with Crippen LogP contribution in [0, 0.1) is 0 Å². The molecule has 2 heterocycles. The number of anilines is 1. The molecule has 28 heavy (non-hydrogen) atoms. The van der Waals surface area contributed by atoms with Gasteiger partial charge in [0.05, 0.1) is 25.5 Å². The first-order valence-electron chi connectivity index (χ1n) is 8.80. The number of rotatable bonds is 5. The predicted octanol–water partition coefficient (Wildman–Crippen LogP) is 2.50. The highest BCUT2D eigenvalue weighted by Gasteiger charge is 2.27. The molecule has 3 rings (SSSR count). The molecule has 1 saturated heterocycles. The van der Waals surface area contributed by atoms with Gasteiger partial charge in [0.2, 0.25) is 0 Å². The zero-order valence-corrected chi connectivity index (χ0v) is 16.0. The number of ether oxygens (including phenoxy) is 2. The third-order valence-electron chi connectivity index (χ3n) is 4.16. The Morgan fingerprint density at radius 1 is 1.43 bits per heavy atom. The van der Waals surface area contributed by atoms with Gasteiger partial charge < -0.3 is 24.5 Å². The summed E-state index contributed by atoms with van der Waals surface area (Å²) in [6, 6.07) is 6.71. The van der Waals surface area contributed by atoms with Crippen molar-refractivity contribution < 1.29 is 19.4 Å². The van der Waals surface area contributed by atoms with Crippen LogP contribution in [0.15, 0.2) is 34.1 Å². The van der Waals surface area contributed by atoms with Gasteiger partial charge in [-0.1, -0.05) is 17.7 Å². The van der Waals surface area contributed by atoms with Gasteiger partial charge in [-0.25, -0.2) is 4.79 Å². The third-order valence-corrected chi connectivity index (χ3v) is 4.40. The van der Waals surface area contributed by atoms with E-state index in [1.807, 2.05) is 0 Å². The van der Waals surface area contributed by atoms with Crippen LogP contribution in [0.25, 0.3) is 0 Å². The summed E-state index contributed by atoms with van der Waals surface area (Å²) in [5.74, 6) is -0.992. The topological polar surface area (TPSA) is 104 Å². The maximum absolute atomic E-state index is 12.6. The van der Waals surface area contributed by atoms with Gasteiger partial charge in [-0.2, -0.15) is 0 Å². The standard InChI is InChI=1S/C19H20ClN3O5/c1-2-28-19(26)15-16(24)14(11-21-13-5-3-4-12(20)10-13)18(25)22-17(15)23-6-8-27-9-7-23/h3-5,10-11H,2,6-9H2,1H3,(H2,22,24,25). The van der Waals surface area contributed by atoms with Gasteiger partial charge in [0, 0.05) is 24.3 Å². The van der Waals surface area contributed by atoms with Gasteiger partial charge >= 0.3 is 5.97 Å². The molecule has 2 N–H and O–H groups in total. The number of nitrogens with zero attached hydrogens (tertiary/aromatic N) is 2. The van der Waals surface area contributed by atoms with E-state index in [0.717, 1.165) is 0 Å². The molecular weight excluding hydrogens is 386 g/mol. The molecule has 0 unspecified atom stereocenters. The Hall–Kier alpha value is -2.84. The quantitative estimate of drug-likeness (QED) is 0.585. The summed E-state index contributed by atoms with van der Waals surface area (Å²) in [5.41, 5.74) is -0.310. The van der Waals surface area contributed by atoms with E-state index in [0.29, 0.717) is 37.0 Å². The fourth-order valence-electron chi connectivity index (χ4n) is 2.83. The number of hydrogen-bond acceptors (Lipinski definition) is 7. The number of esters is 1. The lowest BCUT2D eigenvalue weighted by Gasteiger charge is -2.29. The number of pyridine rings is 1. The molecule has 0 aliphatic carbocycles. The molecule has 0 atom stereocenters. The fourth-order valence-corrected chi connectivity index (χ4v) is 3.01. The normalized spacial score (nSPS) is 14.4. The number of aromatic nitrogens is 1. The zero-order valence-electron chi connectivity index (χ0n) is 15.3. The number of morpholine rings is 1. The molecule has 1 aliphatic heterocycles. The smallest absolute Gasteiger partial charge is 0.345 e. The molecule has 1 aromatic carbocycles. The van der Waals surface area contributed by atoms with Crippen LogP contribution >= 0.6 is 11.6 Å². The molecule has 0 bridgehead atoms. The van der Waals surface area contributed by atoms with E-state index in [9.17, 15) is 14.7 Å². The van der Waals surface area contributed by atoms with Crippen LogP contribution in [0.2, 0.25) is 5.02 Å². The summed E-state index contributed by atoms with van der Waals surface area (Å²) in [7, 11) is 0. The van der Waals surface area contributed by atoms with Crippen molar-refractivity contribution in [1.82, 2.24) is 4.98 Å². The van der Waals surface area contributed by atoms with E-state index in [-0.39, 0.29) is 23.6 Å². The van der Waals surface area contributed by atoms with Gasteiger partial charge in [-0.15, -0.1) is 0 Å². The second kappa shape index (κ2) is 8.90. The number of halogens is 1. The van der Waals surface area contributed by atoms with Crippen LogP contribution < -0.4 is 10.5 Å². The van der Waals surface area contributed by atoms with Gasteiger partial charge in [0.1, 0.15) is 22.7 Å². The highest BCUT2D eigenvalue weighted by molar-refractivity contribution is 6.30. The van der Waals surface area contributed by atoms with Crippen molar-refractivity contribution in [3.63, 3.8) is 0 Å². The number of aromatic hydroxyl groups is 1. The average Bonchev–Trinajstić information content (AvgIpc) is 2.68. The lowest BCUT2D eigenvalue weighted by atomic mass is 10.1. The monoisotopic (exact) mass is 405 g/mol. The predicted molar refractivity (Wildman–Crippen MR) is 106 cm³/mol. The van der Waals surface area contributed by atoms with Crippen molar-refractivity contribution in [2.75, 3.05) is 37.8 Å². The van der Waals surface area contributed by atoms with Crippen LogP contribution in [0.5, 0.6) is 5.75 Å². The van der Waals surface area contributed by atoms with Crippen molar-refractivity contribution in [2.45, 2.75) is 6.92 Å². The number of nitrogens with one attached hydrogen (secondary N) is 1. The third kappa shape index (κ3) is 4.35. The maximum Gasteiger partial charge on any atom is 0.345 e. The summed E-state index contributed by atoms with van der Waals surface area (Å²) < 4.78 is 10.4. The highest BCUT2D eigenvalue weighted by atomic mass is 35.5. The molecule has 1 fully saturated rings. The van der Waals surface area contributed by atoms with Crippen molar-refractivity contribution in [3.8, 4) is 5.75 Å². The minimum Gasteiger partial charge on any atom is -0.506 e. The molecule has 0 radical (unpaired) electrons. The number of carbonyl (C=O) groups is 1. The molecule has 1 aliphatic rings. The van der Waals surface area contributed by atoms with Crippen molar-refractivity contribution >= 4 is 35.3 Å². The lowest BCUT2D eigenvalue weighted by molar-refractivity contribution is 0.0522. The van der Waals surface area contributed by atoms with Gasteiger partial charge in [0.25, 0.3) is 5.56 Å². The van der Waals surface area contributed by atoms with E-state index in [4.69, 9.17) is 21.1 Å². The largest absolute Gasteiger partial charge is 0.506 e. The van der Waals surface area contributed by atoms with E-state index in [1.165, 1.54) is 6.21 Å². The van der Waals surface area contributed by atoms with Crippen molar-refractivity contribution in [1.29, 1.82) is 0 Å². The van der Waals surface area contributed by atoms with E-state index in [1.54, 1.807) is 36.1 Å². The fraction of sp³-hybridized carbons (Fsp3) is 0.316. The van der Waals surface area contributed by atoms with Gasteiger partial charge in [-0.05, 0) is 25.1 Å². The molecule has 1 aromatic heterocycles. The number of aromatic amines is 1. The highest BCUT2D eigenvalue weighted by Crippen LogP contribution is 2.29. The van der Waals surface area contributed by atoms with Crippen LogP contribution in [-0.4, -0.2) is 55.2 Å². The Morgan fingerprint density at radius 3 is 2.86 bits per heavy atom. The molecule has 0 saturated carbocycles. The Labute approximate surface area is 166 Å². The van der Waals surface area contributed by atoms with E-state index in [2.05, 4.69) is 9.98 Å². The second-order valence-electron chi connectivity index (χ2n) is 6.00. The molecule has 148 valence electrons. The van der Waals surface area contributed by atoms with Crippen molar-refractivity contribution in [2.24, 2.45) is 4.99 Å². The summed E-state index contributed by atoms with van der Waals surface area (Å²) >= 11 is 5.93. The summed E-state index contributed by atoms with van der Waals surface area (Å²) in [5, 5.41) is 11.2. The minimum atomic E-state index is -0.727. The number of aliphatic imine (C=N–C) groups is 1. The molecule has 0 spiro atoms. The van der Waals surface area contributed by atoms with Crippen LogP contribution in [0.4, 0.5) is 11.5 Å². The van der Waals surface area contributed by atoms with Crippen LogP contribution in [0.3, 0.4) is 0 Å². The minimum absolute atomic E-state index is 0.101. The Bertz CT molecular complexity index is 951. The summed E-state index contributed by atoms with van der Waals surface area (Å²) in [6.45, 7) is 3.63. The number of carbonyl (C=O) groups excluding carboxylic acids is 1. The average molecular weight is 406 g/mol. The SMILES string of the molecule is CCOC(=O)c1c(N2CCOCC2)[nH]c(=O)c(C=Nc2cccc(Cl)c2)c1O. The molecule has 2 aromatic rings. The van der Waals surface area contributed by atoms with Gasteiger partial charge in [-0.3, -0.25) is 9.79 Å². The zero-order chi connectivity index (χ0) is 20.1. The van der Waals surface area contributed by atoms with Crippen LogP contribution in [-0.2, 0) is 9.47 Å². The first kappa shape index (κ1) is 19.9. The first-order valence-corrected chi connectivity index (χ1v) is 9.17. The Morgan fingerprint density at radius 2 is 2.18 bits per heavy atom. The van der Waals surface area contributed by atoms with Crippen LogP contribution in [0.1, 0.15) is 22.8 Å². The molecule has 0 amide bonds. The van der Waals surface area contributed by atoms with Crippen molar-refractivity contribution in [3.05, 3.63) is 50.8 Å². The summed E-state index contributed by atoms with van der Waals surface area (Å²) in [4.78, 5) is 33.7. The lowest BCUT2D eigenvalue weighted by Crippen LogP contribution is -2.39. The number of benzene rings is 1. The van der Waals surface area contributed by atoms with E-state index < -0.39 is 17.3 Å². The molecule has 9 heteroatoms. The van der Waals surface area contributed by atoms with E-state index >= 15 is 0 Å². The maximum atomic E-state index is 12.6. The second-order valence-corrected chi connectivity index (χ2v) is 6.43. The summed E-state index contributed by atoms with van der Waals surface area (Å²) in [6.07, 6.45) is 1.20. The number of H-pyrrole nitrogens is 1. The Balaban J connectivity index is 2.07. The van der Waals surface area contributed by atoms with Gasteiger partial charge in [0.15, 0.2) is 0 Å². The molecular formula is C19H20ClN3O5.